The van der Waals surface area contributed by atoms with Crippen LogP contribution < -0.4 is 5.73 Å². The average molecular weight is 178 g/mol. The van der Waals surface area contributed by atoms with Gasteiger partial charge in [0.2, 0.25) is 0 Å². The number of nitrogens with one attached hydrogen (secondary N) is 1. The van der Waals surface area contributed by atoms with Crippen molar-refractivity contribution in [3.8, 4) is 0 Å². The Bertz CT molecular complexity index is 362. The number of aromatic amines is 1. The van der Waals surface area contributed by atoms with Gasteiger partial charge in [-0.25, -0.2) is 4.68 Å². The van der Waals surface area contributed by atoms with Crippen LogP contribution in [0.15, 0.2) is 18.5 Å². The Balaban J connectivity index is 2.18. The second kappa shape index (κ2) is 3.36. The molecule has 2 rings (SSSR count). The molecule has 2 aromatic heterocycles. The molecule has 6 nitrogen and oxygen atoms in total. The van der Waals surface area contributed by atoms with Gasteiger partial charge < -0.3 is 10.7 Å². The summed E-state index contributed by atoms with van der Waals surface area (Å²) in [6.07, 6.45) is 3.77. The average Bonchev–Trinajstić information content (AvgIpc) is 2.76. The van der Waals surface area contributed by atoms with Crippen molar-refractivity contribution in [2.45, 2.75) is 13.1 Å². The van der Waals surface area contributed by atoms with E-state index >= 15 is 0 Å². The lowest BCUT2D eigenvalue weighted by molar-refractivity contribution is 0.619. The maximum absolute atomic E-state index is 5.45. The molecule has 0 radical (unpaired) electrons. The Morgan fingerprint density at radius 2 is 2.46 bits per heavy atom. The van der Waals surface area contributed by atoms with Crippen LogP contribution in [-0.4, -0.2) is 25.2 Å². The van der Waals surface area contributed by atoms with E-state index in [4.69, 9.17) is 5.73 Å². The van der Waals surface area contributed by atoms with Crippen LogP contribution in [0.5, 0.6) is 0 Å². The van der Waals surface area contributed by atoms with Crippen molar-refractivity contribution in [2.75, 3.05) is 0 Å². The summed E-state index contributed by atoms with van der Waals surface area (Å²) in [5.41, 5.74) is 6.58. The Hall–Kier alpha value is -1.69. The first-order valence-electron chi connectivity index (χ1n) is 3.97. The molecule has 2 aromatic rings. The van der Waals surface area contributed by atoms with Gasteiger partial charge in [-0.15, -0.1) is 5.10 Å². The standard InChI is InChI=1S/C7H10N6/c8-3-7-10-11-12-13(7)5-6-1-2-9-4-6/h1-2,4,9H,3,5,8H2. The number of rotatable bonds is 3. The third-order valence-electron chi connectivity index (χ3n) is 1.78. The molecule has 0 atom stereocenters. The van der Waals surface area contributed by atoms with E-state index in [1.165, 1.54) is 0 Å². The predicted molar refractivity (Wildman–Crippen MR) is 45.6 cm³/mol. The summed E-state index contributed by atoms with van der Waals surface area (Å²) >= 11 is 0. The second-order valence-corrected chi connectivity index (χ2v) is 2.68. The zero-order valence-electron chi connectivity index (χ0n) is 7.01. The number of hydrogen-bond donors (Lipinski definition) is 2. The number of aromatic nitrogens is 5. The summed E-state index contributed by atoms with van der Waals surface area (Å²) in [6, 6.07) is 1.97. The van der Waals surface area contributed by atoms with E-state index in [1.807, 2.05) is 18.5 Å². The molecule has 6 heteroatoms. The lowest BCUT2D eigenvalue weighted by Crippen LogP contribution is -2.10. The van der Waals surface area contributed by atoms with Gasteiger partial charge in [0.25, 0.3) is 0 Å². The van der Waals surface area contributed by atoms with Gasteiger partial charge >= 0.3 is 0 Å². The Morgan fingerprint density at radius 1 is 1.54 bits per heavy atom. The maximum atomic E-state index is 5.45. The quantitative estimate of drug-likeness (QED) is 0.664. The first-order chi connectivity index (χ1) is 6.40. The topological polar surface area (TPSA) is 85.4 Å². The fraction of sp³-hybridized carbons (Fsp3) is 0.286. The zero-order valence-corrected chi connectivity index (χ0v) is 7.01. The Labute approximate surface area is 74.8 Å². The van der Waals surface area contributed by atoms with E-state index in [0.29, 0.717) is 18.9 Å². The van der Waals surface area contributed by atoms with Gasteiger partial charge in [-0.2, -0.15) is 0 Å². The molecule has 0 bridgehead atoms. The zero-order chi connectivity index (χ0) is 9.10. The number of H-pyrrole nitrogens is 1. The van der Waals surface area contributed by atoms with E-state index in [0.717, 1.165) is 5.56 Å². The highest BCUT2D eigenvalue weighted by Crippen LogP contribution is 2.00. The van der Waals surface area contributed by atoms with Gasteiger partial charge in [-0.05, 0) is 22.1 Å². The molecule has 0 fully saturated rings. The second-order valence-electron chi connectivity index (χ2n) is 2.68. The summed E-state index contributed by atoms with van der Waals surface area (Å²) < 4.78 is 1.68. The molecule has 0 saturated carbocycles. The molecule has 0 saturated heterocycles. The Morgan fingerprint density at radius 3 is 3.15 bits per heavy atom. The van der Waals surface area contributed by atoms with Gasteiger partial charge in [0.15, 0.2) is 5.82 Å². The normalized spacial score (nSPS) is 10.5. The number of nitrogens with two attached hydrogens (primary N) is 1. The first kappa shape index (κ1) is 7.93. The molecule has 0 aliphatic heterocycles. The van der Waals surface area contributed by atoms with Crippen molar-refractivity contribution in [1.82, 2.24) is 25.2 Å². The van der Waals surface area contributed by atoms with Gasteiger partial charge in [-0.1, -0.05) is 0 Å². The maximum Gasteiger partial charge on any atom is 0.165 e. The van der Waals surface area contributed by atoms with Gasteiger partial charge in [0.1, 0.15) is 0 Å². The van der Waals surface area contributed by atoms with Crippen molar-refractivity contribution < 1.29 is 0 Å². The monoisotopic (exact) mass is 178 g/mol. The summed E-state index contributed by atoms with van der Waals surface area (Å²) in [5, 5.41) is 11.2. The van der Waals surface area contributed by atoms with E-state index in [2.05, 4.69) is 20.5 Å². The van der Waals surface area contributed by atoms with E-state index in [1.54, 1.807) is 4.68 Å². The molecule has 0 unspecified atom stereocenters. The summed E-state index contributed by atoms with van der Waals surface area (Å²) in [4.78, 5) is 2.97. The summed E-state index contributed by atoms with van der Waals surface area (Å²) in [7, 11) is 0. The molecule has 0 aliphatic carbocycles. The molecular formula is C7H10N6. The van der Waals surface area contributed by atoms with Crippen molar-refractivity contribution in [3.63, 3.8) is 0 Å². The molecular weight excluding hydrogens is 168 g/mol. The van der Waals surface area contributed by atoms with Crippen LogP contribution in [0.4, 0.5) is 0 Å². The highest BCUT2D eigenvalue weighted by Gasteiger charge is 2.03. The number of hydrogen-bond acceptors (Lipinski definition) is 4. The fourth-order valence-corrected chi connectivity index (χ4v) is 1.12. The summed E-state index contributed by atoms with van der Waals surface area (Å²) in [6.45, 7) is 1.01. The van der Waals surface area contributed by atoms with Crippen molar-refractivity contribution in [2.24, 2.45) is 5.73 Å². The van der Waals surface area contributed by atoms with Gasteiger partial charge in [0.05, 0.1) is 13.1 Å². The predicted octanol–water partition coefficient (Wildman–Crippen LogP) is -0.492. The number of tetrazole rings is 1. The lowest BCUT2D eigenvalue weighted by Gasteiger charge is -1.99. The first-order valence-corrected chi connectivity index (χ1v) is 3.97. The SMILES string of the molecule is NCc1nnnn1Cc1cc[nH]c1. The minimum Gasteiger partial charge on any atom is -0.367 e. The van der Waals surface area contributed by atoms with Crippen molar-refractivity contribution in [1.29, 1.82) is 0 Å². The largest absolute Gasteiger partial charge is 0.367 e. The highest BCUT2D eigenvalue weighted by molar-refractivity contribution is 5.08. The number of nitrogens with zero attached hydrogens (tertiary/aromatic N) is 4. The molecule has 0 spiro atoms. The van der Waals surface area contributed by atoms with E-state index in [-0.39, 0.29) is 0 Å². The van der Waals surface area contributed by atoms with Crippen LogP contribution in [0.2, 0.25) is 0 Å². The third-order valence-corrected chi connectivity index (χ3v) is 1.78. The van der Waals surface area contributed by atoms with E-state index in [9.17, 15) is 0 Å². The molecule has 0 aliphatic rings. The van der Waals surface area contributed by atoms with Crippen molar-refractivity contribution in [3.05, 3.63) is 29.8 Å². The van der Waals surface area contributed by atoms with Crippen LogP contribution >= 0.6 is 0 Å². The lowest BCUT2D eigenvalue weighted by atomic mass is 10.3. The highest BCUT2D eigenvalue weighted by atomic mass is 15.5. The molecule has 0 amide bonds. The van der Waals surface area contributed by atoms with Crippen LogP contribution in [0.25, 0.3) is 0 Å². The minimum atomic E-state index is 0.359. The summed E-state index contributed by atoms with van der Waals surface area (Å²) in [5.74, 6) is 0.696. The Kier molecular flexibility index (Phi) is 2.05. The smallest absolute Gasteiger partial charge is 0.165 e. The van der Waals surface area contributed by atoms with Gasteiger partial charge in [-0.3, -0.25) is 0 Å². The minimum absolute atomic E-state index is 0.359. The molecule has 2 heterocycles. The van der Waals surface area contributed by atoms with Crippen LogP contribution in [0, 0.1) is 0 Å². The molecule has 13 heavy (non-hydrogen) atoms. The molecule has 68 valence electrons. The van der Waals surface area contributed by atoms with E-state index < -0.39 is 0 Å². The molecule has 3 N–H and O–H groups in total. The van der Waals surface area contributed by atoms with Gasteiger partial charge in [0, 0.05) is 12.4 Å². The fourth-order valence-electron chi connectivity index (χ4n) is 1.12. The van der Waals surface area contributed by atoms with Crippen LogP contribution in [0.3, 0.4) is 0 Å². The van der Waals surface area contributed by atoms with Crippen LogP contribution in [0.1, 0.15) is 11.4 Å². The third kappa shape index (κ3) is 1.57. The van der Waals surface area contributed by atoms with Crippen molar-refractivity contribution >= 4 is 0 Å². The van der Waals surface area contributed by atoms with Crippen LogP contribution in [-0.2, 0) is 13.1 Å². The molecule has 0 aromatic carbocycles.